The molecule has 23 heavy (non-hydrogen) atoms. The molecule has 6 heteroatoms. The molecular weight excluding hydrogens is 356 g/mol. The first-order chi connectivity index (χ1) is 11.1. The lowest BCUT2D eigenvalue weighted by Crippen LogP contribution is -2.33. The number of carbonyl (C=O) groups is 1. The SMILES string of the molecule is Cc1cc(Nc2nccc(C(=O)NC3CCCC3)n2)ccc1Br. The molecule has 5 nitrogen and oxygen atoms in total. The van der Waals surface area contributed by atoms with Crippen molar-refractivity contribution in [1.82, 2.24) is 15.3 Å². The summed E-state index contributed by atoms with van der Waals surface area (Å²) < 4.78 is 1.05. The van der Waals surface area contributed by atoms with Crippen molar-refractivity contribution in [3.8, 4) is 0 Å². The number of hydrogen-bond acceptors (Lipinski definition) is 4. The van der Waals surface area contributed by atoms with Crippen molar-refractivity contribution in [2.45, 2.75) is 38.6 Å². The van der Waals surface area contributed by atoms with E-state index in [1.807, 2.05) is 25.1 Å². The highest BCUT2D eigenvalue weighted by Crippen LogP contribution is 2.22. The average molecular weight is 375 g/mol. The summed E-state index contributed by atoms with van der Waals surface area (Å²) in [6, 6.07) is 7.82. The third-order valence-electron chi connectivity index (χ3n) is 3.99. The summed E-state index contributed by atoms with van der Waals surface area (Å²) in [6.45, 7) is 2.02. The van der Waals surface area contributed by atoms with E-state index in [0.717, 1.165) is 28.6 Å². The Bertz CT molecular complexity index is 713. The predicted octanol–water partition coefficient (Wildman–Crippen LogP) is 3.96. The topological polar surface area (TPSA) is 66.9 Å². The van der Waals surface area contributed by atoms with E-state index in [9.17, 15) is 4.79 Å². The lowest BCUT2D eigenvalue weighted by atomic mass is 10.2. The van der Waals surface area contributed by atoms with Crippen molar-refractivity contribution in [2.75, 3.05) is 5.32 Å². The van der Waals surface area contributed by atoms with Crippen molar-refractivity contribution >= 4 is 33.5 Å². The van der Waals surface area contributed by atoms with Gasteiger partial charge in [0.05, 0.1) is 0 Å². The van der Waals surface area contributed by atoms with Crippen LogP contribution in [0.4, 0.5) is 11.6 Å². The van der Waals surface area contributed by atoms with Crippen LogP contribution < -0.4 is 10.6 Å². The lowest BCUT2D eigenvalue weighted by molar-refractivity contribution is 0.0933. The summed E-state index contributed by atoms with van der Waals surface area (Å²) in [4.78, 5) is 20.8. The molecule has 120 valence electrons. The van der Waals surface area contributed by atoms with Crippen LogP contribution in [0.25, 0.3) is 0 Å². The molecule has 1 heterocycles. The van der Waals surface area contributed by atoms with Gasteiger partial charge in [-0.25, -0.2) is 9.97 Å². The molecule has 0 spiro atoms. The van der Waals surface area contributed by atoms with Crippen LogP contribution in [0.2, 0.25) is 0 Å². The molecule has 1 amide bonds. The van der Waals surface area contributed by atoms with Crippen LogP contribution in [0.1, 0.15) is 41.7 Å². The molecular formula is C17H19BrN4O. The number of carbonyl (C=O) groups excluding carboxylic acids is 1. The fraction of sp³-hybridized carbons (Fsp3) is 0.353. The molecule has 0 bridgehead atoms. The van der Waals surface area contributed by atoms with Crippen LogP contribution in [-0.2, 0) is 0 Å². The van der Waals surface area contributed by atoms with Gasteiger partial charge < -0.3 is 10.6 Å². The van der Waals surface area contributed by atoms with Crippen molar-refractivity contribution in [1.29, 1.82) is 0 Å². The minimum Gasteiger partial charge on any atom is -0.348 e. The van der Waals surface area contributed by atoms with Crippen LogP contribution in [0.3, 0.4) is 0 Å². The number of aromatic nitrogens is 2. The van der Waals surface area contributed by atoms with Gasteiger partial charge in [-0.15, -0.1) is 0 Å². The van der Waals surface area contributed by atoms with Gasteiger partial charge in [-0.05, 0) is 49.6 Å². The Kier molecular flexibility index (Phi) is 4.91. The standard InChI is InChI=1S/C17H19BrN4O/c1-11-10-13(6-7-14(11)18)21-17-19-9-8-15(22-17)16(23)20-12-4-2-3-5-12/h6-10,12H,2-5H2,1H3,(H,20,23)(H,19,21,22). The smallest absolute Gasteiger partial charge is 0.270 e. The van der Waals surface area contributed by atoms with E-state index in [-0.39, 0.29) is 11.9 Å². The second kappa shape index (κ2) is 7.08. The maximum atomic E-state index is 12.3. The zero-order valence-electron chi connectivity index (χ0n) is 13.0. The van der Waals surface area contributed by atoms with Crippen LogP contribution in [0.15, 0.2) is 34.9 Å². The molecule has 1 fully saturated rings. The van der Waals surface area contributed by atoms with Crippen LogP contribution in [0.5, 0.6) is 0 Å². The Hall–Kier alpha value is -1.95. The summed E-state index contributed by atoms with van der Waals surface area (Å²) in [5.74, 6) is 0.292. The molecule has 0 unspecified atom stereocenters. The highest BCUT2D eigenvalue weighted by molar-refractivity contribution is 9.10. The maximum absolute atomic E-state index is 12.3. The summed E-state index contributed by atoms with van der Waals surface area (Å²) >= 11 is 3.48. The Morgan fingerprint density at radius 2 is 2.04 bits per heavy atom. The second-order valence-corrected chi connectivity index (χ2v) is 6.66. The van der Waals surface area contributed by atoms with Gasteiger partial charge in [0.2, 0.25) is 5.95 Å². The summed E-state index contributed by atoms with van der Waals surface area (Å²) in [6.07, 6.45) is 6.08. The first kappa shape index (κ1) is 15.9. The molecule has 1 aliphatic carbocycles. The Morgan fingerprint density at radius 1 is 1.26 bits per heavy atom. The molecule has 0 aliphatic heterocycles. The molecule has 0 saturated heterocycles. The van der Waals surface area contributed by atoms with Crippen molar-refractivity contribution in [3.05, 3.63) is 46.2 Å². The van der Waals surface area contributed by atoms with Crippen LogP contribution in [-0.4, -0.2) is 21.9 Å². The zero-order valence-corrected chi connectivity index (χ0v) is 14.6. The molecule has 3 rings (SSSR count). The van der Waals surface area contributed by atoms with Crippen LogP contribution in [0, 0.1) is 6.92 Å². The van der Waals surface area contributed by atoms with E-state index in [1.165, 1.54) is 12.8 Å². The number of hydrogen-bond donors (Lipinski definition) is 2. The minimum atomic E-state index is -0.130. The summed E-state index contributed by atoms with van der Waals surface area (Å²) in [5, 5.41) is 6.18. The van der Waals surface area contributed by atoms with Gasteiger partial charge >= 0.3 is 0 Å². The quantitative estimate of drug-likeness (QED) is 0.849. The fourth-order valence-corrected chi connectivity index (χ4v) is 2.97. The first-order valence-electron chi connectivity index (χ1n) is 7.79. The molecule has 1 aromatic carbocycles. The van der Waals surface area contributed by atoms with Crippen molar-refractivity contribution in [2.24, 2.45) is 0 Å². The number of benzene rings is 1. The first-order valence-corrected chi connectivity index (χ1v) is 8.58. The van der Waals surface area contributed by atoms with E-state index in [1.54, 1.807) is 12.3 Å². The zero-order chi connectivity index (χ0) is 16.2. The van der Waals surface area contributed by atoms with Crippen molar-refractivity contribution in [3.63, 3.8) is 0 Å². The lowest BCUT2D eigenvalue weighted by Gasteiger charge is -2.12. The third kappa shape index (κ3) is 4.07. The molecule has 1 saturated carbocycles. The predicted molar refractivity (Wildman–Crippen MR) is 93.9 cm³/mol. The molecule has 0 radical (unpaired) electrons. The molecule has 1 aromatic heterocycles. The van der Waals surface area contributed by atoms with Gasteiger partial charge in [0.25, 0.3) is 5.91 Å². The van der Waals surface area contributed by atoms with Gasteiger partial charge in [0, 0.05) is 22.4 Å². The normalized spacial score (nSPS) is 14.7. The highest BCUT2D eigenvalue weighted by Gasteiger charge is 2.18. The number of anilines is 2. The van der Waals surface area contributed by atoms with Crippen LogP contribution >= 0.6 is 15.9 Å². The van der Waals surface area contributed by atoms with Crippen molar-refractivity contribution < 1.29 is 4.79 Å². The van der Waals surface area contributed by atoms with E-state index in [0.29, 0.717) is 11.6 Å². The largest absolute Gasteiger partial charge is 0.348 e. The third-order valence-corrected chi connectivity index (χ3v) is 4.88. The van der Waals surface area contributed by atoms with E-state index >= 15 is 0 Å². The van der Waals surface area contributed by atoms with Gasteiger partial charge in [0.15, 0.2) is 0 Å². The average Bonchev–Trinajstić information content (AvgIpc) is 3.04. The Labute approximate surface area is 144 Å². The fourth-order valence-electron chi connectivity index (χ4n) is 2.73. The number of rotatable bonds is 4. The minimum absolute atomic E-state index is 0.130. The number of aryl methyl sites for hydroxylation is 1. The molecule has 2 aromatic rings. The second-order valence-electron chi connectivity index (χ2n) is 5.81. The van der Waals surface area contributed by atoms with Gasteiger partial charge in [0.1, 0.15) is 5.69 Å². The number of halogens is 1. The highest BCUT2D eigenvalue weighted by atomic mass is 79.9. The maximum Gasteiger partial charge on any atom is 0.270 e. The molecule has 2 N–H and O–H groups in total. The van der Waals surface area contributed by atoms with E-state index in [2.05, 4.69) is 36.5 Å². The number of nitrogens with zero attached hydrogens (tertiary/aromatic N) is 2. The number of amides is 1. The monoisotopic (exact) mass is 374 g/mol. The molecule has 1 aliphatic rings. The van der Waals surface area contributed by atoms with E-state index in [4.69, 9.17) is 0 Å². The Balaban J connectivity index is 1.71. The van der Waals surface area contributed by atoms with Gasteiger partial charge in [-0.3, -0.25) is 4.79 Å². The molecule has 0 atom stereocenters. The van der Waals surface area contributed by atoms with Gasteiger partial charge in [-0.2, -0.15) is 0 Å². The van der Waals surface area contributed by atoms with Gasteiger partial charge in [-0.1, -0.05) is 28.8 Å². The summed E-state index contributed by atoms with van der Waals surface area (Å²) in [7, 11) is 0. The number of nitrogens with one attached hydrogen (secondary N) is 2. The Morgan fingerprint density at radius 3 is 2.78 bits per heavy atom. The van der Waals surface area contributed by atoms with E-state index < -0.39 is 0 Å². The summed E-state index contributed by atoms with van der Waals surface area (Å²) in [5.41, 5.74) is 2.40.